The lowest BCUT2D eigenvalue weighted by molar-refractivity contribution is 0.103. The van der Waals surface area contributed by atoms with Crippen LogP contribution in [0.2, 0.25) is 0 Å². The molecular formula is C14H23NO2. The molecule has 0 aliphatic rings. The summed E-state index contributed by atoms with van der Waals surface area (Å²) in [6, 6.07) is 8.17. The van der Waals surface area contributed by atoms with E-state index < -0.39 is 0 Å². The van der Waals surface area contributed by atoms with Crippen LogP contribution in [0.1, 0.15) is 24.5 Å². The lowest BCUT2D eigenvalue weighted by Crippen LogP contribution is -2.40. The van der Waals surface area contributed by atoms with E-state index in [-0.39, 0.29) is 12.0 Å². The molecule has 1 unspecified atom stereocenters. The summed E-state index contributed by atoms with van der Waals surface area (Å²) in [5, 5.41) is 9.68. The summed E-state index contributed by atoms with van der Waals surface area (Å²) in [5.74, 6) is 0. The lowest BCUT2D eigenvalue weighted by Gasteiger charge is -2.31. The number of benzene rings is 1. The normalized spacial score (nSPS) is 14.6. The Balaban J connectivity index is 2.89. The van der Waals surface area contributed by atoms with Gasteiger partial charge in [-0.05, 0) is 25.8 Å². The van der Waals surface area contributed by atoms with Crippen molar-refractivity contribution in [1.29, 1.82) is 0 Å². The number of aliphatic hydroxyl groups excluding tert-OH is 1. The van der Waals surface area contributed by atoms with Crippen LogP contribution in [0.3, 0.4) is 0 Å². The molecule has 0 aliphatic carbocycles. The van der Waals surface area contributed by atoms with Crippen LogP contribution >= 0.6 is 0 Å². The SMILES string of the molecule is CCOCCC(CN)(CO)c1cccc(C)c1. The molecule has 0 saturated carbocycles. The van der Waals surface area contributed by atoms with Crippen molar-refractivity contribution in [3.63, 3.8) is 0 Å². The van der Waals surface area contributed by atoms with Gasteiger partial charge in [-0.15, -0.1) is 0 Å². The smallest absolute Gasteiger partial charge is 0.0541 e. The molecule has 1 aromatic rings. The monoisotopic (exact) mass is 237 g/mol. The third-order valence-corrected chi connectivity index (χ3v) is 3.25. The molecule has 0 fully saturated rings. The first kappa shape index (κ1) is 14.2. The van der Waals surface area contributed by atoms with E-state index in [4.69, 9.17) is 10.5 Å². The van der Waals surface area contributed by atoms with Gasteiger partial charge in [-0.1, -0.05) is 29.8 Å². The Kier molecular flexibility index (Phi) is 5.62. The molecule has 1 atom stereocenters. The van der Waals surface area contributed by atoms with Crippen molar-refractivity contribution in [2.24, 2.45) is 5.73 Å². The maximum atomic E-state index is 9.68. The highest BCUT2D eigenvalue weighted by atomic mass is 16.5. The molecule has 3 heteroatoms. The van der Waals surface area contributed by atoms with Crippen molar-refractivity contribution in [2.45, 2.75) is 25.7 Å². The number of hydrogen-bond acceptors (Lipinski definition) is 3. The van der Waals surface area contributed by atoms with E-state index in [0.717, 1.165) is 12.0 Å². The van der Waals surface area contributed by atoms with Crippen LogP contribution in [0, 0.1) is 6.92 Å². The maximum absolute atomic E-state index is 9.68. The number of rotatable bonds is 7. The minimum Gasteiger partial charge on any atom is -0.395 e. The second-order valence-electron chi connectivity index (χ2n) is 4.46. The maximum Gasteiger partial charge on any atom is 0.0541 e. The van der Waals surface area contributed by atoms with Gasteiger partial charge in [0, 0.05) is 25.2 Å². The first-order chi connectivity index (χ1) is 8.18. The second kappa shape index (κ2) is 6.74. The standard InChI is InChI=1S/C14H23NO2/c1-3-17-8-7-14(10-15,11-16)13-6-4-5-12(2)9-13/h4-6,9,16H,3,7-8,10-11,15H2,1-2H3. The van der Waals surface area contributed by atoms with Gasteiger partial charge in [-0.3, -0.25) is 0 Å². The van der Waals surface area contributed by atoms with E-state index in [2.05, 4.69) is 6.07 Å². The Morgan fingerprint density at radius 1 is 1.41 bits per heavy atom. The van der Waals surface area contributed by atoms with Crippen LogP contribution < -0.4 is 5.73 Å². The van der Waals surface area contributed by atoms with Gasteiger partial charge in [0.15, 0.2) is 0 Å². The summed E-state index contributed by atoms with van der Waals surface area (Å²) in [7, 11) is 0. The molecule has 0 bridgehead atoms. The fourth-order valence-electron chi connectivity index (χ4n) is 1.99. The van der Waals surface area contributed by atoms with E-state index in [0.29, 0.717) is 19.8 Å². The number of aryl methyl sites for hydroxylation is 1. The fraction of sp³-hybridized carbons (Fsp3) is 0.571. The zero-order chi connectivity index (χ0) is 12.7. The average Bonchev–Trinajstić information content (AvgIpc) is 2.35. The van der Waals surface area contributed by atoms with E-state index >= 15 is 0 Å². The molecule has 0 aliphatic heterocycles. The molecule has 0 aromatic heterocycles. The largest absolute Gasteiger partial charge is 0.395 e. The predicted molar refractivity (Wildman–Crippen MR) is 70.1 cm³/mol. The summed E-state index contributed by atoms with van der Waals surface area (Å²) in [6.07, 6.45) is 0.747. The van der Waals surface area contributed by atoms with Crippen LogP contribution in [-0.2, 0) is 10.2 Å². The zero-order valence-corrected chi connectivity index (χ0v) is 10.8. The Hall–Kier alpha value is -0.900. The molecule has 1 aromatic carbocycles. The van der Waals surface area contributed by atoms with Gasteiger partial charge in [-0.25, -0.2) is 0 Å². The van der Waals surface area contributed by atoms with E-state index in [1.165, 1.54) is 5.56 Å². The highest BCUT2D eigenvalue weighted by Crippen LogP contribution is 2.27. The molecular weight excluding hydrogens is 214 g/mol. The van der Waals surface area contributed by atoms with Crippen molar-refractivity contribution < 1.29 is 9.84 Å². The Labute approximate surface area is 104 Å². The fourth-order valence-corrected chi connectivity index (χ4v) is 1.99. The summed E-state index contributed by atoms with van der Waals surface area (Å²) in [4.78, 5) is 0. The van der Waals surface area contributed by atoms with Gasteiger partial charge in [0.1, 0.15) is 0 Å². The minimum atomic E-state index is -0.374. The van der Waals surface area contributed by atoms with Gasteiger partial charge in [0.2, 0.25) is 0 Å². The summed E-state index contributed by atoms with van der Waals surface area (Å²) < 4.78 is 5.38. The van der Waals surface area contributed by atoms with Crippen molar-refractivity contribution in [2.75, 3.05) is 26.4 Å². The van der Waals surface area contributed by atoms with Gasteiger partial charge >= 0.3 is 0 Å². The molecule has 3 nitrogen and oxygen atoms in total. The van der Waals surface area contributed by atoms with Crippen LogP contribution in [0.4, 0.5) is 0 Å². The van der Waals surface area contributed by atoms with Crippen LogP contribution in [-0.4, -0.2) is 31.5 Å². The molecule has 0 radical (unpaired) electrons. The average molecular weight is 237 g/mol. The van der Waals surface area contributed by atoms with Crippen LogP contribution in [0.25, 0.3) is 0 Å². The van der Waals surface area contributed by atoms with Gasteiger partial charge < -0.3 is 15.6 Å². The molecule has 3 N–H and O–H groups in total. The molecule has 0 spiro atoms. The molecule has 0 amide bonds. The highest BCUT2D eigenvalue weighted by molar-refractivity contribution is 5.30. The van der Waals surface area contributed by atoms with Gasteiger partial charge in [0.25, 0.3) is 0 Å². The van der Waals surface area contributed by atoms with Crippen molar-refractivity contribution >= 4 is 0 Å². The molecule has 1 rings (SSSR count). The van der Waals surface area contributed by atoms with E-state index in [1.807, 2.05) is 32.0 Å². The summed E-state index contributed by atoms with van der Waals surface area (Å²) in [6.45, 7) is 5.82. The first-order valence-electron chi connectivity index (χ1n) is 6.14. The molecule has 0 heterocycles. The summed E-state index contributed by atoms with van der Waals surface area (Å²) in [5.41, 5.74) is 7.78. The van der Waals surface area contributed by atoms with Crippen LogP contribution in [0.15, 0.2) is 24.3 Å². The Bertz CT molecular complexity index is 335. The van der Waals surface area contributed by atoms with Gasteiger partial charge in [0.05, 0.1) is 6.61 Å². The molecule has 17 heavy (non-hydrogen) atoms. The number of hydrogen-bond donors (Lipinski definition) is 2. The molecule has 0 saturated heterocycles. The van der Waals surface area contributed by atoms with E-state index in [9.17, 15) is 5.11 Å². The highest BCUT2D eigenvalue weighted by Gasteiger charge is 2.29. The number of ether oxygens (including phenoxy) is 1. The first-order valence-corrected chi connectivity index (χ1v) is 6.14. The Morgan fingerprint density at radius 3 is 2.71 bits per heavy atom. The number of nitrogens with two attached hydrogens (primary N) is 1. The van der Waals surface area contributed by atoms with Crippen molar-refractivity contribution in [3.05, 3.63) is 35.4 Å². The topological polar surface area (TPSA) is 55.5 Å². The van der Waals surface area contributed by atoms with Gasteiger partial charge in [-0.2, -0.15) is 0 Å². The van der Waals surface area contributed by atoms with Crippen molar-refractivity contribution in [3.8, 4) is 0 Å². The van der Waals surface area contributed by atoms with Crippen LogP contribution in [0.5, 0.6) is 0 Å². The zero-order valence-electron chi connectivity index (χ0n) is 10.8. The number of aliphatic hydroxyl groups is 1. The predicted octanol–water partition coefficient (Wildman–Crippen LogP) is 1.61. The second-order valence-corrected chi connectivity index (χ2v) is 4.46. The minimum absolute atomic E-state index is 0.0556. The quantitative estimate of drug-likeness (QED) is 0.708. The summed E-state index contributed by atoms with van der Waals surface area (Å²) >= 11 is 0. The van der Waals surface area contributed by atoms with E-state index in [1.54, 1.807) is 0 Å². The van der Waals surface area contributed by atoms with Crippen molar-refractivity contribution in [1.82, 2.24) is 0 Å². The lowest BCUT2D eigenvalue weighted by atomic mass is 9.78. The third kappa shape index (κ3) is 3.53. The Morgan fingerprint density at radius 2 is 2.18 bits per heavy atom. The third-order valence-electron chi connectivity index (χ3n) is 3.25. The molecule has 96 valence electrons.